The molecule has 0 spiro atoms. The molecule has 0 unspecified atom stereocenters. The zero-order valence-electron chi connectivity index (χ0n) is 5.52. The highest BCUT2D eigenvalue weighted by Crippen LogP contribution is 2.45. The summed E-state index contributed by atoms with van der Waals surface area (Å²) < 4.78 is 0. The van der Waals surface area contributed by atoms with Crippen LogP contribution in [0.4, 0.5) is 0 Å². The first kappa shape index (κ1) is 6.43. The Labute approximate surface area is 53.1 Å². The Hall–Kier alpha value is 0.310. The molecule has 0 bridgehead atoms. The number of nitrogens with two attached hydrogens (primary N) is 1. The standard InChI is InChI=1S/C6H15NS/c1-2-8(7)5-3-4-6-8/h2-7H2,1H3. The van der Waals surface area contributed by atoms with E-state index in [2.05, 4.69) is 6.92 Å². The average Bonchev–Trinajstić information content (AvgIpc) is 2.17. The van der Waals surface area contributed by atoms with Gasteiger partial charge in [0.1, 0.15) is 0 Å². The molecule has 2 heteroatoms. The fourth-order valence-electron chi connectivity index (χ4n) is 1.17. The van der Waals surface area contributed by atoms with Gasteiger partial charge in [-0.25, -0.2) is 0 Å². The van der Waals surface area contributed by atoms with E-state index in [1.54, 1.807) is 0 Å². The molecule has 1 heterocycles. The van der Waals surface area contributed by atoms with Crippen molar-refractivity contribution in [3.8, 4) is 0 Å². The second-order valence-corrected chi connectivity index (χ2v) is 6.13. The van der Waals surface area contributed by atoms with Gasteiger partial charge in [-0.2, -0.15) is 10.2 Å². The van der Waals surface area contributed by atoms with Crippen molar-refractivity contribution in [1.82, 2.24) is 0 Å². The zero-order chi connectivity index (χ0) is 6.04. The maximum absolute atomic E-state index is 6.04. The highest BCUT2D eigenvalue weighted by Gasteiger charge is 2.20. The van der Waals surface area contributed by atoms with E-state index < -0.39 is 10.2 Å². The Bertz CT molecular complexity index is 76.6. The molecule has 1 saturated heterocycles. The van der Waals surface area contributed by atoms with Crippen LogP contribution in [0.5, 0.6) is 0 Å². The van der Waals surface area contributed by atoms with Crippen LogP contribution in [0.15, 0.2) is 0 Å². The molecule has 1 rings (SSSR count). The highest BCUT2D eigenvalue weighted by molar-refractivity contribution is 8.32. The molecular formula is C6H15NS. The predicted molar refractivity (Wildman–Crippen MR) is 41.3 cm³/mol. The van der Waals surface area contributed by atoms with Crippen LogP contribution in [0, 0.1) is 0 Å². The molecule has 0 aromatic carbocycles. The fraction of sp³-hybridized carbons (Fsp3) is 1.00. The van der Waals surface area contributed by atoms with Crippen LogP contribution in [-0.4, -0.2) is 17.3 Å². The summed E-state index contributed by atoms with van der Waals surface area (Å²) in [4.78, 5) is 0. The van der Waals surface area contributed by atoms with Gasteiger partial charge in [-0.3, -0.25) is 5.14 Å². The predicted octanol–water partition coefficient (Wildman–Crippen LogP) is 1.48. The molecule has 1 nitrogen and oxygen atoms in total. The molecular weight excluding hydrogens is 118 g/mol. The van der Waals surface area contributed by atoms with Gasteiger partial charge in [0.15, 0.2) is 0 Å². The lowest BCUT2D eigenvalue weighted by Crippen LogP contribution is -2.14. The van der Waals surface area contributed by atoms with Gasteiger partial charge in [-0.05, 0) is 30.1 Å². The van der Waals surface area contributed by atoms with E-state index in [-0.39, 0.29) is 0 Å². The number of hydrogen-bond donors (Lipinski definition) is 1. The lowest BCUT2D eigenvalue weighted by molar-refractivity contribution is 0.949. The number of hydrogen-bond acceptors (Lipinski definition) is 1. The van der Waals surface area contributed by atoms with E-state index in [4.69, 9.17) is 5.14 Å². The van der Waals surface area contributed by atoms with Crippen LogP contribution in [0.2, 0.25) is 0 Å². The molecule has 1 aliphatic rings. The summed E-state index contributed by atoms with van der Waals surface area (Å²) in [5.41, 5.74) is 0. The van der Waals surface area contributed by atoms with Gasteiger partial charge < -0.3 is 0 Å². The van der Waals surface area contributed by atoms with Gasteiger partial charge in [0.25, 0.3) is 0 Å². The third-order valence-electron chi connectivity index (χ3n) is 1.93. The van der Waals surface area contributed by atoms with Crippen molar-refractivity contribution in [2.24, 2.45) is 5.14 Å². The van der Waals surface area contributed by atoms with E-state index >= 15 is 0 Å². The van der Waals surface area contributed by atoms with Gasteiger partial charge in [0.05, 0.1) is 0 Å². The molecule has 0 aliphatic carbocycles. The molecule has 1 aliphatic heterocycles. The Morgan fingerprint density at radius 1 is 1.38 bits per heavy atom. The molecule has 2 N–H and O–H groups in total. The van der Waals surface area contributed by atoms with Crippen LogP contribution in [-0.2, 0) is 0 Å². The maximum Gasteiger partial charge on any atom is -0.0112 e. The second kappa shape index (κ2) is 2.28. The first-order chi connectivity index (χ1) is 3.77. The molecule has 0 radical (unpaired) electrons. The van der Waals surface area contributed by atoms with E-state index in [0.29, 0.717) is 0 Å². The summed E-state index contributed by atoms with van der Waals surface area (Å²) >= 11 is 0. The van der Waals surface area contributed by atoms with E-state index in [1.807, 2.05) is 0 Å². The first-order valence-corrected chi connectivity index (χ1v) is 5.51. The van der Waals surface area contributed by atoms with E-state index in [1.165, 1.54) is 30.1 Å². The van der Waals surface area contributed by atoms with Crippen molar-refractivity contribution in [2.45, 2.75) is 19.8 Å². The van der Waals surface area contributed by atoms with Crippen molar-refractivity contribution in [3.05, 3.63) is 0 Å². The summed E-state index contributed by atoms with van der Waals surface area (Å²) in [7, 11) is -0.542. The Morgan fingerprint density at radius 3 is 2.12 bits per heavy atom. The molecule has 0 aromatic rings. The van der Waals surface area contributed by atoms with Gasteiger partial charge in [-0.15, -0.1) is 0 Å². The molecule has 0 amide bonds. The number of rotatable bonds is 1. The first-order valence-electron chi connectivity index (χ1n) is 3.31. The monoisotopic (exact) mass is 133 g/mol. The molecule has 8 heavy (non-hydrogen) atoms. The minimum Gasteiger partial charge on any atom is -0.294 e. The van der Waals surface area contributed by atoms with Crippen LogP contribution in [0.25, 0.3) is 0 Å². The van der Waals surface area contributed by atoms with Crippen molar-refractivity contribution >= 4 is 10.2 Å². The fourth-order valence-corrected chi connectivity index (χ4v) is 3.51. The normalized spacial score (nSPS) is 30.2. The van der Waals surface area contributed by atoms with Crippen LogP contribution >= 0.6 is 10.2 Å². The van der Waals surface area contributed by atoms with E-state index in [0.717, 1.165) is 0 Å². The largest absolute Gasteiger partial charge is 0.294 e. The quantitative estimate of drug-likeness (QED) is 0.576. The Balaban J connectivity index is 2.40. The lowest BCUT2D eigenvalue weighted by Gasteiger charge is -2.27. The minimum atomic E-state index is -0.542. The molecule has 50 valence electrons. The molecule has 0 saturated carbocycles. The van der Waals surface area contributed by atoms with Gasteiger partial charge in [-0.1, -0.05) is 6.92 Å². The third-order valence-corrected chi connectivity index (χ3v) is 5.28. The minimum absolute atomic E-state index is 0.542. The summed E-state index contributed by atoms with van der Waals surface area (Å²) in [6.07, 6.45) is 2.78. The smallest absolute Gasteiger partial charge is 0.0112 e. The third kappa shape index (κ3) is 1.17. The van der Waals surface area contributed by atoms with Gasteiger partial charge >= 0.3 is 0 Å². The summed E-state index contributed by atoms with van der Waals surface area (Å²) in [6, 6.07) is 0. The Morgan fingerprint density at radius 2 is 1.88 bits per heavy atom. The van der Waals surface area contributed by atoms with Gasteiger partial charge in [0, 0.05) is 0 Å². The molecule has 0 atom stereocenters. The van der Waals surface area contributed by atoms with Crippen LogP contribution in [0.1, 0.15) is 19.8 Å². The van der Waals surface area contributed by atoms with Crippen LogP contribution in [0.3, 0.4) is 0 Å². The summed E-state index contributed by atoms with van der Waals surface area (Å²) in [5, 5.41) is 6.04. The summed E-state index contributed by atoms with van der Waals surface area (Å²) in [5.74, 6) is 3.92. The highest BCUT2D eigenvalue weighted by atomic mass is 32.3. The molecule has 1 fully saturated rings. The van der Waals surface area contributed by atoms with Gasteiger partial charge in [0.2, 0.25) is 0 Å². The van der Waals surface area contributed by atoms with Crippen molar-refractivity contribution in [1.29, 1.82) is 0 Å². The topological polar surface area (TPSA) is 26.0 Å². The lowest BCUT2D eigenvalue weighted by atomic mass is 10.4. The SMILES string of the molecule is CCS1(N)CCCC1. The second-order valence-electron chi connectivity index (χ2n) is 2.52. The van der Waals surface area contributed by atoms with E-state index in [9.17, 15) is 0 Å². The van der Waals surface area contributed by atoms with Crippen molar-refractivity contribution < 1.29 is 0 Å². The summed E-state index contributed by atoms with van der Waals surface area (Å²) in [6.45, 7) is 2.22. The van der Waals surface area contributed by atoms with Crippen LogP contribution < -0.4 is 5.14 Å². The molecule has 0 aromatic heterocycles. The van der Waals surface area contributed by atoms with Crippen molar-refractivity contribution in [3.63, 3.8) is 0 Å². The zero-order valence-corrected chi connectivity index (χ0v) is 6.34. The average molecular weight is 133 g/mol. The maximum atomic E-state index is 6.04. The Kier molecular flexibility index (Phi) is 1.83. The van der Waals surface area contributed by atoms with Crippen molar-refractivity contribution in [2.75, 3.05) is 17.3 Å².